The first kappa shape index (κ1) is 13.7. The van der Waals surface area contributed by atoms with E-state index in [1.165, 1.54) is 12.1 Å². The molecule has 1 aliphatic rings. The molecule has 1 N–H and O–H groups in total. The number of aliphatic carboxylic acids is 1. The van der Waals surface area contributed by atoms with Gasteiger partial charge in [-0.2, -0.15) is 0 Å². The summed E-state index contributed by atoms with van der Waals surface area (Å²) in [5, 5.41) is 8.81. The number of carbonyl (C=O) groups excluding carboxylic acids is 1. The third kappa shape index (κ3) is 2.83. The first-order chi connectivity index (χ1) is 8.91. The highest BCUT2D eigenvalue weighted by Gasteiger charge is 2.35. The van der Waals surface area contributed by atoms with Crippen LogP contribution in [0.25, 0.3) is 0 Å². The van der Waals surface area contributed by atoms with Crippen molar-refractivity contribution in [2.24, 2.45) is 5.92 Å². The quantitative estimate of drug-likeness (QED) is 0.909. The Bertz CT molecular complexity index is 491. The maximum Gasteiger partial charge on any atom is 0.345 e. The lowest BCUT2D eigenvalue weighted by molar-refractivity contribution is -0.150. The number of alkyl halides is 1. The molecule has 0 amide bonds. The van der Waals surface area contributed by atoms with Crippen molar-refractivity contribution in [3.63, 3.8) is 0 Å². The highest BCUT2D eigenvalue weighted by molar-refractivity contribution is 5.83. The van der Waals surface area contributed by atoms with Gasteiger partial charge >= 0.3 is 5.97 Å². The second-order valence-corrected chi connectivity index (χ2v) is 5.26. The van der Waals surface area contributed by atoms with E-state index in [2.05, 4.69) is 0 Å². The summed E-state index contributed by atoms with van der Waals surface area (Å²) in [6, 6.07) is 6.40. The topological polar surface area (TPSA) is 54.4 Å². The molecule has 4 heteroatoms. The van der Waals surface area contributed by atoms with Gasteiger partial charge in [-0.05, 0) is 31.7 Å². The van der Waals surface area contributed by atoms with Crippen LogP contribution in [0.15, 0.2) is 24.3 Å². The van der Waals surface area contributed by atoms with Crippen molar-refractivity contribution in [3.8, 4) is 0 Å². The zero-order valence-corrected chi connectivity index (χ0v) is 10.9. The molecule has 102 valence electrons. The Morgan fingerprint density at radius 2 is 2.05 bits per heavy atom. The van der Waals surface area contributed by atoms with Gasteiger partial charge < -0.3 is 5.11 Å². The van der Waals surface area contributed by atoms with Gasteiger partial charge in [-0.25, -0.2) is 9.18 Å². The summed E-state index contributed by atoms with van der Waals surface area (Å²) >= 11 is 0. The van der Waals surface area contributed by atoms with E-state index in [0.29, 0.717) is 18.6 Å². The van der Waals surface area contributed by atoms with Crippen LogP contribution in [0.4, 0.5) is 4.39 Å². The molecule has 2 unspecified atom stereocenters. The van der Waals surface area contributed by atoms with Crippen LogP contribution in [0.5, 0.6) is 0 Å². The van der Waals surface area contributed by atoms with Crippen molar-refractivity contribution in [2.75, 3.05) is 0 Å². The summed E-state index contributed by atoms with van der Waals surface area (Å²) in [4.78, 5) is 22.4. The van der Waals surface area contributed by atoms with Gasteiger partial charge in [-0.3, -0.25) is 4.79 Å². The van der Waals surface area contributed by atoms with Gasteiger partial charge in [0.1, 0.15) is 5.78 Å². The standard InChI is InChI=1S/C15H17FO3/c1-15(16,14(18)19)12-7-5-10(6-8-12)9-11-3-2-4-13(11)17/h5-8,11H,2-4,9H2,1H3,(H,18,19). The van der Waals surface area contributed by atoms with Crippen molar-refractivity contribution in [2.45, 2.75) is 38.3 Å². The fourth-order valence-corrected chi connectivity index (χ4v) is 2.47. The summed E-state index contributed by atoms with van der Waals surface area (Å²) in [5.74, 6) is -1.13. The molecule has 0 bridgehead atoms. The Kier molecular flexibility index (Phi) is 3.69. The normalized spacial score (nSPS) is 22.2. The molecule has 0 aromatic heterocycles. The van der Waals surface area contributed by atoms with E-state index in [1.807, 2.05) is 0 Å². The van der Waals surface area contributed by atoms with Crippen molar-refractivity contribution < 1.29 is 19.1 Å². The van der Waals surface area contributed by atoms with Gasteiger partial charge in [0, 0.05) is 17.9 Å². The molecular formula is C15H17FO3. The lowest BCUT2D eigenvalue weighted by atomic mass is 9.93. The first-order valence-electron chi connectivity index (χ1n) is 6.45. The van der Waals surface area contributed by atoms with E-state index in [-0.39, 0.29) is 11.5 Å². The Morgan fingerprint density at radius 3 is 2.53 bits per heavy atom. The van der Waals surface area contributed by atoms with E-state index in [9.17, 15) is 14.0 Å². The van der Waals surface area contributed by atoms with Crippen LogP contribution in [0.3, 0.4) is 0 Å². The van der Waals surface area contributed by atoms with Crippen LogP contribution < -0.4 is 0 Å². The third-order valence-electron chi connectivity index (χ3n) is 3.81. The lowest BCUT2D eigenvalue weighted by Crippen LogP contribution is -2.26. The van der Waals surface area contributed by atoms with Crippen LogP contribution in [0, 0.1) is 5.92 Å². The summed E-state index contributed by atoms with van der Waals surface area (Å²) < 4.78 is 13.9. The van der Waals surface area contributed by atoms with Crippen LogP contribution in [0.2, 0.25) is 0 Å². The van der Waals surface area contributed by atoms with E-state index in [0.717, 1.165) is 25.3 Å². The average molecular weight is 264 g/mol. The highest BCUT2D eigenvalue weighted by atomic mass is 19.1. The van der Waals surface area contributed by atoms with Crippen molar-refractivity contribution in [1.82, 2.24) is 0 Å². The number of hydrogen-bond acceptors (Lipinski definition) is 2. The lowest BCUT2D eigenvalue weighted by Gasteiger charge is -2.16. The monoisotopic (exact) mass is 264 g/mol. The summed E-state index contributed by atoms with van der Waals surface area (Å²) in [6.45, 7) is 1.03. The van der Waals surface area contributed by atoms with Gasteiger partial charge in [0.05, 0.1) is 0 Å². The molecule has 0 aliphatic heterocycles. The average Bonchev–Trinajstić information content (AvgIpc) is 2.75. The molecular weight excluding hydrogens is 247 g/mol. The van der Waals surface area contributed by atoms with Crippen LogP contribution in [0.1, 0.15) is 37.3 Å². The molecule has 3 nitrogen and oxygen atoms in total. The van der Waals surface area contributed by atoms with Gasteiger partial charge in [-0.15, -0.1) is 0 Å². The number of carboxylic acid groups (broad SMARTS) is 1. The number of benzene rings is 1. The fraction of sp³-hybridized carbons (Fsp3) is 0.467. The zero-order chi connectivity index (χ0) is 14.0. The van der Waals surface area contributed by atoms with Crippen molar-refractivity contribution >= 4 is 11.8 Å². The molecule has 0 spiro atoms. The number of ketones is 1. The van der Waals surface area contributed by atoms with Gasteiger partial charge in [-0.1, -0.05) is 24.3 Å². The maximum atomic E-state index is 13.9. The molecule has 0 radical (unpaired) electrons. The molecule has 1 fully saturated rings. The van der Waals surface area contributed by atoms with E-state index in [4.69, 9.17) is 5.11 Å². The smallest absolute Gasteiger partial charge is 0.345 e. The van der Waals surface area contributed by atoms with Crippen LogP contribution in [-0.4, -0.2) is 16.9 Å². The Hall–Kier alpha value is -1.71. The number of rotatable bonds is 4. The number of carboxylic acids is 1. The molecule has 1 aromatic rings. The van der Waals surface area contributed by atoms with Crippen molar-refractivity contribution in [1.29, 1.82) is 0 Å². The Morgan fingerprint density at radius 1 is 1.42 bits per heavy atom. The minimum atomic E-state index is -2.37. The Labute approximate surface area is 111 Å². The summed E-state index contributed by atoms with van der Waals surface area (Å²) in [5.41, 5.74) is -1.30. The number of hydrogen-bond donors (Lipinski definition) is 1. The SMILES string of the molecule is CC(F)(C(=O)O)c1ccc(CC2CCCC2=O)cc1. The fourth-order valence-electron chi connectivity index (χ4n) is 2.47. The van der Waals surface area contributed by atoms with Gasteiger partial charge in [0.25, 0.3) is 0 Å². The summed E-state index contributed by atoms with van der Waals surface area (Å²) in [6.07, 6.45) is 3.18. The molecule has 2 rings (SSSR count). The molecule has 19 heavy (non-hydrogen) atoms. The number of carbonyl (C=O) groups is 2. The van der Waals surface area contributed by atoms with Gasteiger partial charge in [0.2, 0.25) is 5.67 Å². The molecule has 2 atom stereocenters. The second kappa shape index (κ2) is 5.11. The van der Waals surface area contributed by atoms with Crippen LogP contribution >= 0.6 is 0 Å². The molecule has 1 saturated carbocycles. The predicted octanol–water partition coefficient (Wildman–Crippen LogP) is 2.87. The number of halogens is 1. The van der Waals surface area contributed by atoms with E-state index in [1.54, 1.807) is 12.1 Å². The molecule has 0 heterocycles. The molecule has 1 aliphatic carbocycles. The number of Topliss-reactive ketones (excluding diaryl/α,β-unsaturated/α-hetero) is 1. The Balaban J connectivity index is 2.10. The minimum Gasteiger partial charge on any atom is -0.479 e. The second-order valence-electron chi connectivity index (χ2n) is 5.26. The largest absolute Gasteiger partial charge is 0.479 e. The highest BCUT2D eigenvalue weighted by Crippen LogP contribution is 2.28. The van der Waals surface area contributed by atoms with E-state index >= 15 is 0 Å². The van der Waals surface area contributed by atoms with Gasteiger partial charge in [0.15, 0.2) is 0 Å². The first-order valence-corrected chi connectivity index (χ1v) is 6.45. The van der Waals surface area contributed by atoms with E-state index < -0.39 is 11.6 Å². The minimum absolute atomic E-state index is 0.0714. The summed E-state index contributed by atoms with van der Waals surface area (Å²) in [7, 11) is 0. The maximum absolute atomic E-state index is 13.9. The van der Waals surface area contributed by atoms with Crippen molar-refractivity contribution in [3.05, 3.63) is 35.4 Å². The van der Waals surface area contributed by atoms with Crippen LogP contribution in [-0.2, 0) is 21.7 Å². The molecule has 0 saturated heterocycles. The zero-order valence-electron chi connectivity index (χ0n) is 10.9. The third-order valence-corrected chi connectivity index (χ3v) is 3.81. The predicted molar refractivity (Wildman–Crippen MR) is 68.6 cm³/mol. The molecule has 1 aromatic carbocycles.